The molecule has 118 valence electrons. The van der Waals surface area contributed by atoms with Gasteiger partial charge in [0.1, 0.15) is 0 Å². The van der Waals surface area contributed by atoms with E-state index in [0.717, 1.165) is 19.5 Å². The van der Waals surface area contributed by atoms with Crippen LogP contribution in [0, 0.1) is 0 Å². The maximum absolute atomic E-state index is 12.5. The lowest BCUT2D eigenvalue weighted by Crippen LogP contribution is -2.46. The third-order valence-corrected chi connectivity index (χ3v) is 4.62. The van der Waals surface area contributed by atoms with E-state index in [-0.39, 0.29) is 17.9 Å². The van der Waals surface area contributed by atoms with Gasteiger partial charge in [0, 0.05) is 36.8 Å². The number of fused-ring (bicyclic) bond motifs is 1. The molecule has 2 heterocycles. The highest BCUT2D eigenvalue weighted by atomic mass is 16.2. The highest BCUT2D eigenvalue weighted by Gasteiger charge is 2.36. The molecule has 2 aliphatic heterocycles. The zero-order chi connectivity index (χ0) is 15.5. The first-order valence-electron chi connectivity index (χ1n) is 8.06. The molecule has 2 N–H and O–H groups in total. The first-order chi connectivity index (χ1) is 10.6. The van der Waals surface area contributed by atoms with Crippen LogP contribution in [0.4, 0.5) is 5.69 Å². The molecule has 0 spiro atoms. The Morgan fingerprint density at radius 3 is 2.86 bits per heavy atom. The van der Waals surface area contributed by atoms with E-state index < -0.39 is 0 Å². The van der Waals surface area contributed by atoms with Crippen molar-refractivity contribution in [2.24, 2.45) is 0 Å². The van der Waals surface area contributed by atoms with E-state index in [0.29, 0.717) is 17.3 Å². The molecule has 1 aromatic rings. The Bertz CT molecular complexity index is 573. The summed E-state index contributed by atoms with van der Waals surface area (Å²) in [4.78, 5) is 26.1. The predicted octanol–water partition coefficient (Wildman–Crippen LogP) is 2.00. The largest absolute Gasteiger partial charge is 0.348 e. The van der Waals surface area contributed by atoms with Crippen LogP contribution in [0.1, 0.15) is 43.0 Å². The summed E-state index contributed by atoms with van der Waals surface area (Å²) in [6.07, 6.45) is 4.74. The van der Waals surface area contributed by atoms with Crippen molar-refractivity contribution in [3.05, 3.63) is 29.8 Å². The smallest absolute Gasteiger partial charge is 0.251 e. The van der Waals surface area contributed by atoms with Crippen molar-refractivity contribution in [2.45, 2.75) is 44.7 Å². The summed E-state index contributed by atoms with van der Waals surface area (Å²) in [5, 5.41) is 5.89. The van der Waals surface area contributed by atoms with E-state index in [1.54, 1.807) is 24.3 Å². The molecular weight excluding hydrogens is 278 g/mol. The molecule has 0 aromatic heterocycles. The molecule has 2 fully saturated rings. The molecular formula is C17H23N3O2. The number of carbonyl (C=O) groups is 2. The van der Waals surface area contributed by atoms with E-state index in [1.807, 2.05) is 0 Å². The van der Waals surface area contributed by atoms with Crippen molar-refractivity contribution in [1.29, 1.82) is 0 Å². The van der Waals surface area contributed by atoms with Gasteiger partial charge in [-0.3, -0.25) is 14.5 Å². The molecule has 2 atom stereocenters. The second kappa shape index (κ2) is 6.48. The molecule has 0 saturated carbocycles. The van der Waals surface area contributed by atoms with Crippen LogP contribution in [0.2, 0.25) is 0 Å². The third kappa shape index (κ3) is 3.30. The molecule has 0 aliphatic carbocycles. The minimum absolute atomic E-state index is 0.0513. The van der Waals surface area contributed by atoms with Crippen molar-refractivity contribution in [1.82, 2.24) is 10.2 Å². The second-order valence-electron chi connectivity index (χ2n) is 6.23. The maximum atomic E-state index is 12.5. The topological polar surface area (TPSA) is 61.4 Å². The number of amides is 2. The number of anilines is 1. The van der Waals surface area contributed by atoms with Crippen LogP contribution in [0.3, 0.4) is 0 Å². The van der Waals surface area contributed by atoms with Gasteiger partial charge in [0.15, 0.2) is 0 Å². The summed E-state index contributed by atoms with van der Waals surface area (Å²) in [5.41, 5.74) is 1.26. The summed E-state index contributed by atoms with van der Waals surface area (Å²) in [6.45, 7) is 3.71. The first-order valence-corrected chi connectivity index (χ1v) is 8.06. The Labute approximate surface area is 131 Å². The van der Waals surface area contributed by atoms with Crippen LogP contribution in [-0.2, 0) is 4.79 Å². The zero-order valence-corrected chi connectivity index (χ0v) is 13.0. The molecule has 5 nitrogen and oxygen atoms in total. The van der Waals surface area contributed by atoms with E-state index in [1.165, 1.54) is 26.2 Å². The lowest BCUT2D eigenvalue weighted by molar-refractivity contribution is -0.114. The fraction of sp³-hybridized carbons (Fsp3) is 0.529. The highest BCUT2D eigenvalue weighted by molar-refractivity contribution is 5.97. The normalized spacial score (nSPS) is 24.6. The Balaban J connectivity index is 1.65. The van der Waals surface area contributed by atoms with Gasteiger partial charge in [0.05, 0.1) is 0 Å². The minimum Gasteiger partial charge on any atom is -0.348 e. The average molecular weight is 301 g/mol. The van der Waals surface area contributed by atoms with Crippen LogP contribution < -0.4 is 10.6 Å². The minimum atomic E-state index is -0.133. The van der Waals surface area contributed by atoms with Gasteiger partial charge in [0.2, 0.25) is 5.91 Å². The Morgan fingerprint density at radius 2 is 2.05 bits per heavy atom. The molecule has 5 heteroatoms. The number of rotatable bonds is 3. The van der Waals surface area contributed by atoms with Crippen molar-refractivity contribution in [3.8, 4) is 0 Å². The van der Waals surface area contributed by atoms with Gasteiger partial charge in [-0.2, -0.15) is 0 Å². The number of benzene rings is 1. The van der Waals surface area contributed by atoms with Gasteiger partial charge in [-0.05, 0) is 44.0 Å². The first kappa shape index (κ1) is 15.0. The van der Waals surface area contributed by atoms with Gasteiger partial charge in [-0.25, -0.2) is 0 Å². The van der Waals surface area contributed by atoms with Gasteiger partial charge in [0.25, 0.3) is 5.91 Å². The molecule has 2 aliphatic rings. The molecule has 2 saturated heterocycles. The van der Waals surface area contributed by atoms with E-state index in [4.69, 9.17) is 0 Å². The summed E-state index contributed by atoms with van der Waals surface area (Å²) in [6, 6.07) is 7.84. The predicted molar refractivity (Wildman–Crippen MR) is 85.8 cm³/mol. The van der Waals surface area contributed by atoms with Crippen molar-refractivity contribution in [2.75, 3.05) is 18.4 Å². The van der Waals surface area contributed by atoms with Crippen LogP contribution in [0.15, 0.2) is 24.3 Å². The van der Waals surface area contributed by atoms with Gasteiger partial charge >= 0.3 is 0 Å². The van der Waals surface area contributed by atoms with Gasteiger partial charge in [-0.1, -0.05) is 12.5 Å². The number of piperidine rings is 1. The molecule has 1 aromatic carbocycles. The number of nitrogens with zero attached hydrogens (tertiary/aromatic N) is 1. The van der Waals surface area contributed by atoms with E-state index in [9.17, 15) is 9.59 Å². The summed E-state index contributed by atoms with van der Waals surface area (Å²) in [5.74, 6) is -0.184. The maximum Gasteiger partial charge on any atom is 0.251 e. The molecule has 3 rings (SSSR count). The quantitative estimate of drug-likeness (QED) is 0.897. The van der Waals surface area contributed by atoms with Crippen LogP contribution in [0.25, 0.3) is 0 Å². The SMILES string of the molecule is CC(=O)Nc1cccc(C(=O)N[C@H]2CCN3CCCC[C@@H]23)c1. The highest BCUT2D eigenvalue weighted by Crippen LogP contribution is 2.27. The summed E-state index contributed by atoms with van der Waals surface area (Å²) < 4.78 is 0. The standard InChI is InChI=1S/C17H23N3O2/c1-12(21)18-14-6-4-5-13(11-14)17(22)19-15-8-10-20-9-3-2-7-16(15)20/h4-6,11,15-16H,2-3,7-10H2,1H3,(H,18,21)(H,19,22)/t15-,16-/m0/s1. The Morgan fingerprint density at radius 1 is 1.18 bits per heavy atom. The second-order valence-corrected chi connectivity index (χ2v) is 6.23. The van der Waals surface area contributed by atoms with Gasteiger partial charge in [-0.15, -0.1) is 0 Å². The molecule has 0 radical (unpaired) electrons. The van der Waals surface area contributed by atoms with Crippen LogP contribution in [0.5, 0.6) is 0 Å². The van der Waals surface area contributed by atoms with E-state index in [2.05, 4.69) is 15.5 Å². The molecule has 0 unspecified atom stereocenters. The monoisotopic (exact) mass is 301 g/mol. The summed E-state index contributed by atoms with van der Waals surface area (Å²) in [7, 11) is 0. The number of carbonyl (C=O) groups excluding carboxylic acids is 2. The van der Waals surface area contributed by atoms with E-state index >= 15 is 0 Å². The van der Waals surface area contributed by atoms with Crippen molar-refractivity contribution in [3.63, 3.8) is 0 Å². The Hall–Kier alpha value is -1.88. The Kier molecular flexibility index (Phi) is 4.43. The summed E-state index contributed by atoms with van der Waals surface area (Å²) >= 11 is 0. The van der Waals surface area contributed by atoms with Gasteiger partial charge < -0.3 is 10.6 Å². The number of hydrogen-bond acceptors (Lipinski definition) is 3. The lowest BCUT2D eigenvalue weighted by atomic mass is 9.99. The fourth-order valence-corrected chi connectivity index (χ4v) is 3.61. The average Bonchev–Trinajstić information content (AvgIpc) is 2.90. The molecule has 22 heavy (non-hydrogen) atoms. The number of hydrogen-bond donors (Lipinski definition) is 2. The van der Waals surface area contributed by atoms with Crippen LogP contribution in [-0.4, -0.2) is 41.9 Å². The fourth-order valence-electron chi connectivity index (χ4n) is 3.61. The third-order valence-electron chi connectivity index (χ3n) is 4.62. The zero-order valence-electron chi connectivity index (χ0n) is 13.0. The molecule has 0 bridgehead atoms. The lowest BCUT2D eigenvalue weighted by Gasteiger charge is -2.32. The van der Waals surface area contributed by atoms with Crippen molar-refractivity contribution >= 4 is 17.5 Å². The number of nitrogens with one attached hydrogen (secondary N) is 2. The van der Waals surface area contributed by atoms with Crippen molar-refractivity contribution < 1.29 is 9.59 Å². The molecule has 2 amide bonds. The van der Waals surface area contributed by atoms with Crippen LogP contribution >= 0.6 is 0 Å².